The van der Waals surface area contributed by atoms with Crippen molar-refractivity contribution >= 4 is 5.82 Å². The summed E-state index contributed by atoms with van der Waals surface area (Å²) in [5, 5.41) is 12.1. The number of aryl methyl sites for hydroxylation is 1. The van der Waals surface area contributed by atoms with Crippen LogP contribution in [0.5, 0.6) is 0 Å². The first kappa shape index (κ1) is 10.0. The van der Waals surface area contributed by atoms with Crippen molar-refractivity contribution in [3.8, 4) is 0 Å². The standard InChI is InChI=1S/C12H18N4/c1-2-10-3-4-11(15-14-10)16-8-7-13-12(9-16)5-6-12/h3-4,13H,2,5-9H2,1H3. The molecule has 1 N–H and O–H groups in total. The molecule has 1 aliphatic carbocycles. The molecule has 1 saturated carbocycles. The number of aromatic nitrogens is 2. The van der Waals surface area contributed by atoms with E-state index in [1.165, 1.54) is 12.8 Å². The van der Waals surface area contributed by atoms with E-state index in [1.54, 1.807) is 0 Å². The number of hydrogen-bond acceptors (Lipinski definition) is 4. The molecule has 0 atom stereocenters. The van der Waals surface area contributed by atoms with Crippen LogP contribution in [0.25, 0.3) is 0 Å². The van der Waals surface area contributed by atoms with Gasteiger partial charge in [0.05, 0.1) is 5.69 Å². The number of rotatable bonds is 2. The minimum atomic E-state index is 0.406. The molecule has 1 aromatic heterocycles. The normalized spacial score (nSPS) is 22.4. The molecule has 3 rings (SSSR count). The first-order valence-electron chi connectivity index (χ1n) is 6.14. The van der Waals surface area contributed by atoms with Crippen LogP contribution in [0.3, 0.4) is 0 Å². The lowest BCUT2D eigenvalue weighted by Gasteiger charge is -2.34. The lowest BCUT2D eigenvalue weighted by atomic mass is 10.2. The molecule has 16 heavy (non-hydrogen) atoms. The number of nitrogens with zero attached hydrogens (tertiary/aromatic N) is 3. The highest BCUT2D eigenvalue weighted by molar-refractivity contribution is 5.40. The molecular formula is C12H18N4. The molecule has 1 aliphatic heterocycles. The molecule has 0 aromatic carbocycles. The lowest BCUT2D eigenvalue weighted by Crippen LogP contribution is -2.52. The van der Waals surface area contributed by atoms with Gasteiger partial charge in [0.1, 0.15) is 0 Å². The van der Waals surface area contributed by atoms with Crippen LogP contribution in [0.15, 0.2) is 12.1 Å². The second-order valence-electron chi connectivity index (χ2n) is 4.87. The van der Waals surface area contributed by atoms with Gasteiger partial charge in [0, 0.05) is 25.2 Å². The molecule has 0 bridgehead atoms. The molecule has 2 fully saturated rings. The Bertz CT molecular complexity index is 369. The van der Waals surface area contributed by atoms with Crippen molar-refractivity contribution in [1.82, 2.24) is 15.5 Å². The van der Waals surface area contributed by atoms with E-state index in [-0.39, 0.29) is 0 Å². The summed E-state index contributed by atoms with van der Waals surface area (Å²) in [6.45, 7) is 5.31. The maximum absolute atomic E-state index is 4.31. The average Bonchev–Trinajstić information content (AvgIpc) is 3.09. The van der Waals surface area contributed by atoms with Gasteiger partial charge in [-0.3, -0.25) is 0 Å². The maximum Gasteiger partial charge on any atom is 0.151 e. The van der Waals surface area contributed by atoms with Gasteiger partial charge in [-0.25, -0.2) is 0 Å². The molecule has 2 heterocycles. The minimum absolute atomic E-state index is 0.406. The summed E-state index contributed by atoms with van der Waals surface area (Å²) in [5.41, 5.74) is 1.48. The Morgan fingerprint density at radius 1 is 1.38 bits per heavy atom. The number of piperazine rings is 1. The van der Waals surface area contributed by atoms with Crippen molar-refractivity contribution in [2.24, 2.45) is 0 Å². The van der Waals surface area contributed by atoms with Crippen LogP contribution in [-0.4, -0.2) is 35.4 Å². The quantitative estimate of drug-likeness (QED) is 0.803. The molecule has 2 aliphatic rings. The van der Waals surface area contributed by atoms with Crippen LogP contribution in [0.1, 0.15) is 25.5 Å². The zero-order valence-electron chi connectivity index (χ0n) is 9.74. The number of hydrogen-bond donors (Lipinski definition) is 1. The van der Waals surface area contributed by atoms with Crippen LogP contribution in [0, 0.1) is 0 Å². The Kier molecular flexibility index (Phi) is 2.32. The van der Waals surface area contributed by atoms with E-state index >= 15 is 0 Å². The summed E-state index contributed by atoms with van der Waals surface area (Å²) in [7, 11) is 0. The van der Waals surface area contributed by atoms with Crippen LogP contribution in [0.4, 0.5) is 5.82 Å². The molecule has 0 unspecified atom stereocenters. The molecular weight excluding hydrogens is 200 g/mol. The zero-order valence-corrected chi connectivity index (χ0v) is 9.74. The van der Waals surface area contributed by atoms with E-state index in [0.29, 0.717) is 5.54 Å². The summed E-state index contributed by atoms with van der Waals surface area (Å²) >= 11 is 0. The van der Waals surface area contributed by atoms with Gasteiger partial charge in [0.2, 0.25) is 0 Å². The first-order valence-corrected chi connectivity index (χ1v) is 6.14. The molecule has 4 heteroatoms. The van der Waals surface area contributed by atoms with Crippen LogP contribution in [0.2, 0.25) is 0 Å². The van der Waals surface area contributed by atoms with E-state index in [2.05, 4.69) is 39.5 Å². The van der Waals surface area contributed by atoms with Gasteiger partial charge in [0.15, 0.2) is 5.82 Å². The number of nitrogens with one attached hydrogen (secondary N) is 1. The van der Waals surface area contributed by atoms with Crippen LogP contribution < -0.4 is 10.2 Å². The lowest BCUT2D eigenvalue weighted by molar-refractivity contribution is 0.439. The Balaban J connectivity index is 1.75. The van der Waals surface area contributed by atoms with Crippen molar-refractivity contribution in [3.05, 3.63) is 17.8 Å². The van der Waals surface area contributed by atoms with Gasteiger partial charge >= 0.3 is 0 Å². The average molecular weight is 218 g/mol. The second-order valence-corrected chi connectivity index (χ2v) is 4.87. The van der Waals surface area contributed by atoms with Crippen molar-refractivity contribution < 1.29 is 0 Å². The van der Waals surface area contributed by atoms with E-state index < -0.39 is 0 Å². The van der Waals surface area contributed by atoms with Gasteiger partial charge in [0.25, 0.3) is 0 Å². The molecule has 1 saturated heterocycles. The largest absolute Gasteiger partial charge is 0.352 e. The zero-order chi connectivity index (χ0) is 11.0. The minimum Gasteiger partial charge on any atom is -0.352 e. The molecule has 4 nitrogen and oxygen atoms in total. The Morgan fingerprint density at radius 2 is 2.25 bits per heavy atom. The van der Waals surface area contributed by atoms with Crippen molar-refractivity contribution in [1.29, 1.82) is 0 Å². The van der Waals surface area contributed by atoms with Gasteiger partial charge in [-0.1, -0.05) is 6.92 Å². The fourth-order valence-corrected chi connectivity index (χ4v) is 2.35. The first-order chi connectivity index (χ1) is 7.81. The third kappa shape index (κ3) is 1.78. The number of anilines is 1. The predicted octanol–water partition coefficient (Wildman–Crippen LogP) is 0.981. The third-order valence-corrected chi connectivity index (χ3v) is 3.62. The SMILES string of the molecule is CCc1ccc(N2CCNC3(CC3)C2)nn1. The predicted molar refractivity (Wildman–Crippen MR) is 63.6 cm³/mol. The van der Waals surface area contributed by atoms with Crippen molar-refractivity contribution in [3.63, 3.8) is 0 Å². The highest BCUT2D eigenvalue weighted by atomic mass is 15.3. The van der Waals surface area contributed by atoms with E-state index in [0.717, 1.165) is 37.6 Å². The molecule has 86 valence electrons. The molecule has 1 spiro atoms. The summed E-state index contributed by atoms with van der Waals surface area (Å²) in [5.74, 6) is 1.03. The Morgan fingerprint density at radius 3 is 2.88 bits per heavy atom. The summed E-state index contributed by atoms with van der Waals surface area (Å²) < 4.78 is 0. The maximum atomic E-state index is 4.31. The second kappa shape index (κ2) is 3.70. The summed E-state index contributed by atoms with van der Waals surface area (Å²) in [6.07, 6.45) is 3.58. The Hall–Kier alpha value is -1.16. The fourth-order valence-electron chi connectivity index (χ4n) is 2.35. The van der Waals surface area contributed by atoms with Gasteiger partial charge in [-0.05, 0) is 31.4 Å². The van der Waals surface area contributed by atoms with Gasteiger partial charge in [-0.2, -0.15) is 5.10 Å². The molecule has 1 aromatic rings. The summed E-state index contributed by atoms with van der Waals surface area (Å²) in [6, 6.07) is 4.19. The highest BCUT2D eigenvalue weighted by Crippen LogP contribution is 2.38. The third-order valence-electron chi connectivity index (χ3n) is 3.62. The van der Waals surface area contributed by atoms with E-state index in [4.69, 9.17) is 0 Å². The fraction of sp³-hybridized carbons (Fsp3) is 0.667. The molecule has 0 radical (unpaired) electrons. The smallest absolute Gasteiger partial charge is 0.151 e. The van der Waals surface area contributed by atoms with Crippen LogP contribution in [-0.2, 0) is 6.42 Å². The van der Waals surface area contributed by atoms with Crippen molar-refractivity contribution in [2.45, 2.75) is 31.7 Å². The molecule has 0 amide bonds. The monoisotopic (exact) mass is 218 g/mol. The van der Waals surface area contributed by atoms with Gasteiger partial charge in [-0.15, -0.1) is 5.10 Å². The summed E-state index contributed by atoms with van der Waals surface area (Å²) in [4.78, 5) is 2.36. The van der Waals surface area contributed by atoms with E-state index in [1.807, 2.05) is 0 Å². The van der Waals surface area contributed by atoms with Gasteiger partial charge < -0.3 is 10.2 Å². The van der Waals surface area contributed by atoms with E-state index in [9.17, 15) is 0 Å². The van der Waals surface area contributed by atoms with Crippen molar-refractivity contribution in [2.75, 3.05) is 24.5 Å². The highest BCUT2D eigenvalue weighted by Gasteiger charge is 2.45. The topological polar surface area (TPSA) is 41.0 Å². The van der Waals surface area contributed by atoms with Crippen LogP contribution >= 0.6 is 0 Å². The Labute approximate surface area is 96.1 Å².